The van der Waals surface area contributed by atoms with Crippen molar-refractivity contribution in [1.29, 1.82) is 0 Å². The van der Waals surface area contributed by atoms with Crippen molar-refractivity contribution in [2.24, 2.45) is 0 Å². The summed E-state index contributed by atoms with van der Waals surface area (Å²) in [4.78, 5) is 1.81. The largest absolute Gasteiger partial charge is 0.388 e. The van der Waals surface area contributed by atoms with Crippen molar-refractivity contribution in [2.75, 3.05) is 14.1 Å². The Kier molecular flexibility index (Phi) is 4.10. The maximum Gasteiger partial charge on any atom is 0.128 e. The van der Waals surface area contributed by atoms with Gasteiger partial charge in [-0.25, -0.2) is 4.39 Å². The number of hydrogen-bond acceptors (Lipinski definition) is 2. The summed E-state index contributed by atoms with van der Waals surface area (Å²) in [7, 11) is 3.64. The molecule has 0 aliphatic rings. The second-order valence-corrected chi connectivity index (χ2v) is 5.60. The van der Waals surface area contributed by atoms with Gasteiger partial charge in [-0.3, -0.25) is 4.90 Å². The van der Waals surface area contributed by atoms with Crippen LogP contribution in [0, 0.1) is 5.82 Å². The highest BCUT2D eigenvalue weighted by Crippen LogP contribution is 2.32. The molecule has 1 unspecified atom stereocenters. The van der Waals surface area contributed by atoms with Crippen molar-refractivity contribution in [1.82, 2.24) is 4.90 Å². The molecular weight excluding hydrogens is 273 g/mol. The fourth-order valence-corrected chi connectivity index (χ4v) is 2.39. The number of rotatable bonds is 3. The highest BCUT2D eigenvalue weighted by Gasteiger charge is 2.32. The monoisotopic (exact) mass is 289 g/mol. The Morgan fingerprint density at radius 3 is 2.38 bits per heavy atom. The third-order valence-electron chi connectivity index (χ3n) is 2.44. The first-order valence-corrected chi connectivity index (χ1v) is 5.86. The van der Waals surface area contributed by atoms with E-state index < -0.39 is 5.60 Å². The smallest absolute Gasteiger partial charge is 0.128 e. The highest BCUT2D eigenvalue weighted by molar-refractivity contribution is 9.10. The van der Waals surface area contributed by atoms with Gasteiger partial charge in [0, 0.05) is 10.0 Å². The zero-order valence-electron chi connectivity index (χ0n) is 9.96. The van der Waals surface area contributed by atoms with E-state index >= 15 is 0 Å². The van der Waals surface area contributed by atoms with Crippen LogP contribution in [0.5, 0.6) is 0 Å². The standard InChI is InChI=1S/C12H17BrFNO/c1-12(2,16)11(15(3)4)9-7-8(13)5-6-10(9)14/h5-7,11,16H,1-4H3. The van der Waals surface area contributed by atoms with Crippen LogP contribution in [0.3, 0.4) is 0 Å². The zero-order chi connectivity index (χ0) is 12.5. The van der Waals surface area contributed by atoms with Crippen LogP contribution in [-0.2, 0) is 0 Å². The number of aliphatic hydroxyl groups is 1. The molecular formula is C12H17BrFNO. The molecule has 1 N–H and O–H groups in total. The van der Waals surface area contributed by atoms with Gasteiger partial charge in [0.15, 0.2) is 0 Å². The maximum atomic E-state index is 13.8. The van der Waals surface area contributed by atoms with Crippen molar-refractivity contribution < 1.29 is 9.50 Å². The molecule has 16 heavy (non-hydrogen) atoms. The number of hydrogen-bond donors (Lipinski definition) is 1. The average Bonchev–Trinajstić information content (AvgIpc) is 2.08. The minimum atomic E-state index is -1.01. The fraction of sp³-hybridized carbons (Fsp3) is 0.500. The summed E-state index contributed by atoms with van der Waals surface area (Å²) >= 11 is 3.31. The topological polar surface area (TPSA) is 23.5 Å². The van der Waals surface area contributed by atoms with Gasteiger partial charge in [0.05, 0.1) is 11.6 Å². The van der Waals surface area contributed by atoms with Gasteiger partial charge in [-0.15, -0.1) is 0 Å². The lowest BCUT2D eigenvalue weighted by molar-refractivity contribution is -0.00467. The predicted octanol–water partition coefficient (Wildman–Crippen LogP) is 2.96. The molecule has 0 bridgehead atoms. The number of benzene rings is 1. The molecule has 0 spiro atoms. The summed E-state index contributed by atoms with van der Waals surface area (Å²) in [5.74, 6) is -0.302. The van der Waals surface area contributed by atoms with Crippen LogP contribution in [0.4, 0.5) is 4.39 Å². The van der Waals surface area contributed by atoms with Gasteiger partial charge in [-0.2, -0.15) is 0 Å². The third-order valence-corrected chi connectivity index (χ3v) is 2.93. The Morgan fingerprint density at radius 1 is 1.38 bits per heavy atom. The lowest BCUT2D eigenvalue weighted by atomic mass is 9.90. The van der Waals surface area contributed by atoms with E-state index in [1.807, 2.05) is 19.0 Å². The first-order chi connectivity index (χ1) is 7.23. The van der Waals surface area contributed by atoms with Gasteiger partial charge < -0.3 is 5.11 Å². The molecule has 0 radical (unpaired) electrons. The van der Waals surface area contributed by atoms with E-state index in [1.54, 1.807) is 26.0 Å². The average molecular weight is 290 g/mol. The van der Waals surface area contributed by atoms with Crippen LogP contribution in [0.2, 0.25) is 0 Å². The lowest BCUT2D eigenvalue weighted by Gasteiger charge is -2.35. The minimum absolute atomic E-state index is 0.302. The van der Waals surface area contributed by atoms with Crippen LogP contribution in [0.15, 0.2) is 22.7 Å². The predicted molar refractivity (Wildman–Crippen MR) is 66.8 cm³/mol. The molecule has 0 saturated heterocycles. The molecule has 1 aromatic carbocycles. The van der Waals surface area contributed by atoms with E-state index in [-0.39, 0.29) is 11.9 Å². The summed E-state index contributed by atoms with van der Waals surface area (Å²) in [6, 6.07) is 4.38. The maximum absolute atomic E-state index is 13.8. The summed E-state index contributed by atoms with van der Waals surface area (Å²) in [5, 5.41) is 10.1. The van der Waals surface area contributed by atoms with E-state index in [2.05, 4.69) is 15.9 Å². The molecule has 1 atom stereocenters. The van der Waals surface area contributed by atoms with Gasteiger partial charge in [-0.1, -0.05) is 15.9 Å². The first kappa shape index (κ1) is 13.6. The molecule has 1 aromatic rings. The Balaban J connectivity index is 3.26. The Hall–Kier alpha value is -0.450. The first-order valence-electron chi connectivity index (χ1n) is 5.07. The van der Waals surface area contributed by atoms with E-state index in [4.69, 9.17) is 0 Å². The van der Waals surface area contributed by atoms with Gasteiger partial charge in [0.1, 0.15) is 5.82 Å². The number of halogens is 2. The summed E-state index contributed by atoms with van der Waals surface area (Å²) < 4.78 is 14.6. The Labute approximate surface area is 104 Å². The van der Waals surface area contributed by atoms with E-state index in [0.29, 0.717) is 5.56 Å². The summed E-state index contributed by atoms with van der Waals surface area (Å²) in [5.41, 5.74) is -0.516. The molecule has 4 heteroatoms. The molecule has 90 valence electrons. The molecule has 2 nitrogen and oxygen atoms in total. The van der Waals surface area contributed by atoms with Crippen LogP contribution >= 0.6 is 15.9 Å². The van der Waals surface area contributed by atoms with Gasteiger partial charge in [0.25, 0.3) is 0 Å². The quantitative estimate of drug-likeness (QED) is 0.925. The molecule has 0 fully saturated rings. The van der Waals surface area contributed by atoms with Crippen LogP contribution in [0.1, 0.15) is 25.5 Å². The molecule has 1 rings (SSSR count). The van der Waals surface area contributed by atoms with Crippen LogP contribution < -0.4 is 0 Å². The van der Waals surface area contributed by atoms with Crippen molar-refractivity contribution in [3.8, 4) is 0 Å². The number of nitrogens with zero attached hydrogens (tertiary/aromatic N) is 1. The van der Waals surface area contributed by atoms with E-state index in [1.165, 1.54) is 6.07 Å². The second kappa shape index (κ2) is 4.82. The summed E-state index contributed by atoms with van der Waals surface area (Å²) in [6.07, 6.45) is 0. The van der Waals surface area contributed by atoms with Crippen LogP contribution in [0.25, 0.3) is 0 Å². The van der Waals surface area contributed by atoms with Crippen molar-refractivity contribution in [2.45, 2.75) is 25.5 Å². The van der Waals surface area contributed by atoms with E-state index in [9.17, 15) is 9.50 Å². The van der Waals surface area contributed by atoms with E-state index in [0.717, 1.165) is 4.47 Å². The SMILES string of the molecule is CN(C)C(c1cc(Br)ccc1F)C(C)(C)O. The molecule has 0 saturated carbocycles. The summed E-state index contributed by atoms with van der Waals surface area (Å²) in [6.45, 7) is 3.36. The zero-order valence-corrected chi connectivity index (χ0v) is 11.5. The second-order valence-electron chi connectivity index (χ2n) is 4.69. The fourth-order valence-electron chi connectivity index (χ4n) is 2.01. The molecule has 0 heterocycles. The minimum Gasteiger partial charge on any atom is -0.388 e. The Morgan fingerprint density at radius 2 is 1.94 bits per heavy atom. The normalized spacial score (nSPS) is 14.2. The number of likely N-dealkylation sites (N-methyl/N-ethyl adjacent to an activating group) is 1. The van der Waals surface area contributed by atoms with Gasteiger partial charge >= 0.3 is 0 Å². The van der Waals surface area contributed by atoms with Crippen molar-refractivity contribution in [3.63, 3.8) is 0 Å². The lowest BCUT2D eigenvalue weighted by Crippen LogP contribution is -2.39. The molecule has 0 aromatic heterocycles. The molecule has 0 amide bonds. The van der Waals surface area contributed by atoms with Gasteiger partial charge in [0.2, 0.25) is 0 Å². The van der Waals surface area contributed by atoms with Crippen molar-refractivity contribution >= 4 is 15.9 Å². The highest BCUT2D eigenvalue weighted by atomic mass is 79.9. The van der Waals surface area contributed by atoms with Crippen LogP contribution in [-0.4, -0.2) is 29.7 Å². The van der Waals surface area contributed by atoms with Gasteiger partial charge in [-0.05, 0) is 46.1 Å². The molecule has 0 aliphatic carbocycles. The third kappa shape index (κ3) is 3.03. The van der Waals surface area contributed by atoms with Crippen molar-refractivity contribution in [3.05, 3.63) is 34.1 Å². The molecule has 0 aliphatic heterocycles. The Bertz CT molecular complexity index is 374.